The number of carbonyl (C=O) groups is 2. The van der Waals surface area contributed by atoms with Crippen molar-refractivity contribution in [3.05, 3.63) is 70.9 Å². The standard InChI is InChI=1S/C31H36N6O7/c1-30(2)21(36(13-7-15-43-41-5)28-26(30)32-9-11-34-28)17-19-23(38)20(25(40)24(19)39)18-22-31(3,4)27-29(35-12-10-33-27)37(22)14-8-16-44-42-6/h9-12,17-18H,7-8,13-16H2,1-6H3/p+1. The van der Waals surface area contributed by atoms with Crippen molar-refractivity contribution in [1.29, 1.82) is 0 Å². The Labute approximate surface area is 255 Å². The average Bonchev–Trinajstić information content (AvgIpc) is 3.45. The Balaban J connectivity index is 1.58. The van der Waals surface area contributed by atoms with E-state index in [-0.39, 0.29) is 16.9 Å². The average molecular weight is 606 g/mol. The summed E-state index contributed by atoms with van der Waals surface area (Å²) in [6.07, 6.45) is 10.8. The fourth-order valence-electron chi connectivity index (χ4n) is 5.93. The van der Waals surface area contributed by atoms with Crippen LogP contribution in [0.15, 0.2) is 59.5 Å². The molecule has 2 aliphatic heterocycles. The van der Waals surface area contributed by atoms with Crippen LogP contribution in [0.5, 0.6) is 0 Å². The highest BCUT2D eigenvalue weighted by Crippen LogP contribution is 2.46. The molecule has 2 aromatic heterocycles. The number of ketones is 2. The minimum absolute atomic E-state index is 0.0829. The van der Waals surface area contributed by atoms with Crippen LogP contribution < -0.4 is 4.90 Å². The molecular formula is C31H37N6O7+. The highest BCUT2D eigenvalue weighted by molar-refractivity contribution is 6.54. The van der Waals surface area contributed by atoms with Crippen molar-refractivity contribution in [2.75, 3.05) is 45.4 Å². The van der Waals surface area contributed by atoms with Crippen molar-refractivity contribution in [2.24, 2.45) is 0 Å². The van der Waals surface area contributed by atoms with Gasteiger partial charge < -0.3 is 10.0 Å². The van der Waals surface area contributed by atoms with Gasteiger partial charge in [0.05, 0.1) is 67.8 Å². The number of aliphatic hydroxyl groups is 1. The zero-order chi connectivity index (χ0) is 31.6. The summed E-state index contributed by atoms with van der Waals surface area (Å²) < 4.78 is 1.94. The highest BCUT2D eigenvalue weighted by atomic mass is 17.2. The van der Waals surface area contributed by atoms with Crippen LogP contribution in [0.2, 0.25) is 0 Å². The van der Waals surface area contributed by atoms with Gasteiger partial charge in [-0.25, -0.2) is 34.1 Å². The Kier molecular flexibility index (Phi) is 8.84. The summed E-state index contributed by atoms with van der Waals surface area (Å²) in [6.45, 7) is 9.50. The summed E-state index contributed by atoms with van der Waals surface area (Å²) in [5.41, 5.74) is 1.29. The molecule has 0 spiro atoms. The zero-order valence-electron chi connectivity index (χ0n) is 25.8. The van der Waals surface area contributed by atoms with Crippen LogP contribution in [-0.2, 0) is 40.0 Å². The molecule has 0 saturated heterocycles. The molecule has 0 amide bonds. The number of aliphatic hydroxyl groups excluding tert-OH is 1. The van der Waals surface area contributed by atoms with Crippen LogP contribution in [-0.4, -0.2) is 87.4 Å². The van der Waals surface area contributed by atoms with Gasteiger partial charge in [-0.1, -0.05) is 0 Å². The number of hydrogen-bond acceptors (Lipinski definition) is 12. The number of anilines is 1. The number of Topliss-reactive ketones (excluding diaryl/α,β-unsaturated/α-hetero) is 2. The lowest BCUT2D eigenvalue weighted by Crippen LogP contribution is -2.29. The van der Waals surface area contributed by atoms with Gasteiger partial charge in [0, 0.05) is 31.1 Å². The van der Waals surface area contributed by atoms with Crippen molar-refractivity contribution in [3.8, 4) is 0 Å². The summed E-state index contributed by atoms with van der Waals surface area (Å²) in [7, 11) is 2.89. The van der Waals surface area contributed by atoms with Crippen LogP contribution in [0, 0.1) is 0 Å². The normalized spacial score (nSPS) is 20.5. The van der Waals surface area contributed by atoms with Crippen LogP contribution in [0.1, 0.15) is 51.9 Å². The maximum atomic E-state index is 13.5. The van der Waals surface area contributed by atoms with E-state index in [1.807, 2.05) is 37.2 Å². The van der Waals surface area contributed by atoms with Crippen LogP contribution in [0.3, 0.4) is 0 Å². The number of carbonyl (C=O) groups excluding carboxylic acids is 2. The van der Waals surface area contributed by atoms with Gasteiger partial charge in [-0.05, 0) is 51.3 Å². The van der Waals surface area contributed by atoms with Gasteiger partial charge in [0.15, 0.2) is 12.0 Å². The zero-order valence-corrected chi connectivity index (χ0v) is 25.8. The van der Waals surface area contributed by atoms with E-state index < -0.39 is 22.4 Å². The lowest BCUT2D eigenvalue weighted by Gasteiger charge is -2.26. The molecule has 44 heavy (non-hydrogen) atoms. The van der Waals surface area contributed by atoms with E-state index in [9.17, 15) is 14.7 Å². The molecule has 4 heterocycles. The van der Waals surface area contributed by atoms with E-state index in [0.29, 0.717) is 62.2 Å². The second-order valence-electron chi connectivity index (χ2n) is 11.6. The summed E-state index contributed by atoms with van der Waals surface area (Å²) in [5.74, 6) is -0.680. The van der Waals surface area contributed by atoms with Gasteiger partial charge in [-0.3, -0.25) is 14.6 Å². The molecule has 0 radical (unpaired) electrons. The number of rotatable bonds is 12. The maximum absolute atomic E-state index is 13.5. The van der Waals surface area contributed by atoms with Gasteiger partial charge in [0.2, 0.25) is 11.6 Å². The summed E-state index contributed by atoms with van der Waals surface area (Å²) in [6, 6.07) is 0. The molecule has 1 N–H and O–H groups in total. The minimum atomic E-state index is -0.790. The molecule has 0 atom stereocenters. The molecule has 5 rings (SSSR count). The van der Waals surface area contributed by atoms with Crippen molar-refractivity contribution in [2.45, 2.75) is 51.4 Å². The number of hydrogen-bond donors (Lipinski definition) is 1. The molecule has 3 aliphatic rings. The van der Waals surface area contributed by atoms with Crippen molar-refractivity contribution < 1.29 is 38.8 Å². The Bertz CT molecular complexity index is 1610. The second-order valence-corrected chi connectivity index (χ2v) is 11.6. The number of fused-ring (bicyclic) bond motifs is 2. The van der Waals surface area contributed by atoms with Gasteiger partial charge >= 0.3 is 5.82 Å². The van der Waals surface area contributed by atoms with E-state index in [0.717, 1.165) is 11.4 Å². The Morgan fingerprint density at radius 3 is 2.18 bits per heavy atom. The monoisotopic (exact) mass is 605 g/mol. The Hall–Kier alpha value is -4.17. The topological polar surface area (TPSA) is 149 Å². The molecule has 1 aliphatic carbocycles. The van der Waals surface area contributed by atoms with Crippen molar-refractivity contribution in [3.63, 3.8) is 0 Å². The largest absolute Gasteiger partial charge is 0.506 e. The molecular weight excluding hydrogens is 568 g/mol. The van der Waals surface area contributed by atoms with Crippen LogP contribution in [0.4, 0.5) is 11.6 Å². The SMILES string of the molecule is COOCCCN1/C(=C\C2=C(O)C(=C/C3=[N+](CCCOOC)c4nccnc4C3(C)C)/C(=O)C2=O)C(C)(C)c2nccnc21. The third-order valence-electron chi connectivity index (χ3n) is 8.14. The first-order valence-corrected chi connectivity index (χ1v) is 14.4. The van der Waals surface area contributed by atoms with E-state index >= 15 is 0 Å². The molecule has 0 unspecified atom stereocenters. The fourth-order valence-corrected chi connectivity index (χ4v) is 5.93. The first kappa shape index (κ1) is 31.3. The molecule has 0 bridgehead atoms. The van der Waals surface area contributed by atoms with Crippen molar-refractivity contribution >= 4 is 28.9 Å². The number of allylic oxidation sites excluding steroid dienone is 5. The Morgan fingerprint density at radius 1 is 0.841 bits per heavy atom. The Morgan fingerprint density at radius 2 is 1.48 bits per heavy atom. The molecule has 0 saturated carbocycles. The third kappa shape index (κ3) is 5.36. The first-order chi connectivity index (χ1) is 21.1. The van der Waals surface area contributed by atoms with E-state index in [1.54, 1.807) is 36.9 Å². The predicted molar refractivity (Wildman–Crippen MR) is 158 cm³/mol. The minimum Gasteiger partial charge on any atom is -0.506 e. The van der Waals surface area contributed by atoms with Gasteiger partial charge in [-0.2, -0.15) is 0 Å². The third-order valence-corrected chi connectivity index (χ3v) is 8.14. The molecule has 0 fully saturated rings. The first-order valence-electron chi connectivity index (χ1n) is 14.4. The van der Waals surface area contributed by atoms with Crippen LogP contribution >= 0.6 is 0 Å². The van der Waals surface area contributed by atoms with Crippen molar-refractivity contribution in [1.82, 2.24) is 19.9 Å². The number of aromatic nitrogens is 4. The predicted octanol–water partition coefficient (Wildman–Crippen LogP) is 3.15. The highest BCUT2D eigenvalue weighted by Gasteiger charge is 2.48. The van der Waals surface area contributed by atoms with Gasteiger partial charge in [0.1, 0.15) is 17.2 Å². The number of nitrogens with zero attached hydrogens (tertiary/aromatic N) is 6. The summed E-state index contributed by atoms with van der Waals surface area (Å²) in [5, 5.41) is 11.5. The maximum Gasteiger partial charge on any atom is 0.345 e. The van der Waals surface area contributed by atoms with E-state index in [2.05, 4.69) is 19.9 Å². The van der Waals surface area contributed by atoms with E-state index in [1.165, 1.54) is 14.2 Å². The second kappa shape index (κ2) is 12.4. The lowest BCUT2D eigenvalue weighted by atomic mass is 9.84. The molecule has 232 valence electrons. The van der Waals surface area contributed by atoms with E-state index in [4.69, 9.17) is 19.6 Å². The fraction of sp³-hybridized carbons (Fsp3) is 0.452. The van der Waals surface area contributed by atoms with Gasteiger partial charge in [-0.15, -0.1) is 0 Å². The summed E-state index contributed by atoms with van der Waals surface area (Å²) in [4.78, 5) is 66.6. The quantitative estimate of drug-likeness (QED) is 0.0946. The smallest absolute Gasteiger partial charge is 0.345 e. The molecule has 0 aromatic carbocycles. The van der Waals surface area contributed by atoms with Gasteiger partial charge in [0.25, 0.3) is 0 Å². The molecule has 2 aromatic rings. The molecule has 13 heteroatoms. The molecule has 13 nitrogen and oxygen atoms in total. The van der Waals surface area contributed by atoms with Crippen LogP contribution in [0.25, 0.3) is 0 Å². The lowest BCUT2D eigenvalue weighted by molar-refractivity contribution is -0.445. The summed E-state index contributed by atoms with van der Waals surface area (Å²) >= 11 is 0.